The molecule has 0 fully saturated rings. The molecular weight excluding hydrogens is 214 g/mol. The van der Waals surface area contributed by atoms with E-state index >= 15 is 0 Å². The fraction of sp³-hybridized carbons (Fsp3) is 0.538. The fourth-order valence-electron chi connectivity index (χ4n) is 1.69. The lowest BCUT2D eigenvalue weighted by Gasteiger charge is -2.21. The summed E-state index contributed by atoms with van der Waals surface area (Å²) in [6.07, 6.45) is 1.78. The monoisotopic (exact) mass is 235 g/mol. The first-order chi connectivity index (χ1) is 8.19. The van der Waals surface area contributed by atoms with Crippen LogP contribution in [0.15, 0.2) is 18.2 Å². The highest BCUT2D eigenvalue weighted by Gasteiger charge is 2.15. The first-order valence-electron chi connectivity index (χ1n) is 6.12. The molecule has 0 saturated heterocycles. The number of rotatable bonds is 6. The Balaban J connectivity index is 2.76. The second kappa shape index (κ2) is 7.01. The Morgan fingerprint density at radius 3 is 2.76 bits per heavy atom. The number of amides is 1. The van der Waals surface area contributed by atoms with E-state index in [0.29, 0.717) is 18.8 Å². The molecule has 0 aliphatic rings. The molecule has 0 aromatic carbocycles. The normalized spacial score (nSPS) is 10.3. The molecular formula is C13H21N3O. The van der Waals surface area contributed by atoms with E-state index in [4.69, 9.17) is 5.73 Å². The van der Waals surface area contributed by atoms with Crippen LogP contribution in [0.4, 0.5) is 0 Å². The van der Waals surface area contributed by atoms with Gasteiger partial charge in [-0.3, -0.25) is 4.79 Å². The van der Waals surface area contributed by atoms with Gasteiger partial charge in [0.05, 0.1) is 0 Å². The lowest BCUT2D eigenvalue weighted by atomic mass is 10.2. The number of pyridine rings is 1. The maximum atomic E-state index is 12.2. The minimum absolute atomic E-state index is 0.00370. The highest BCUT2D eigenvalue weighted by molar-refractivity contribution is 5.92. The Morgan fingerprint density at radius 2 is 2.18 bits per heavy atom. The van der Waals surface area contributed by atoms with Crippen LogP contribution in [-0.4, -0.2) is 35.4 Å². The second-order valence-electron chi connectivity index (χ2n) is 4.10. The Morgan fingerprint density at radius 1 is 1.41 bits per heavy atom. The standard InChI is InChI=1S/C13H21N3O/c1-3-9-16(10-5-8-14)13(17)12-7-4-6-11(2)15-12/h4,6-7H,3,5,8-10,14H2,1-2H3. The molecule has 1 heterocycles. The van der Waals surface area contributed by atoms with Gasteiger partial charge in [-0.15, -0.1) is 0 Å². The molecule has 0 aliphatic heterocycles. The molecule has 2 N–H and O–H groups in total. The lowest BCUT2D eigenvalue weighted by Crippen LogP contribution is -2.34. The lowest BCUT2D eigenvalue weighted by molar-refractivity contribution is 0.0748. The number of aromatic nitrogens is 1. The molecule has 0 bridgehead atoms. The van der Waals surface area contributed by atoms with Crippen molar-refractivity contribution in [3.8, 4) is 0 Å². The first-order valence-corrected chi connectivity index (χ1v) is 6.12. The van der Waals surface area contributed by atoms with Crippen LogP contribution in [0.2, 0.25) is 0 Å². The number of nitrogens with two attached hydrogens (primary N) is 1. The summed E-state index contributed by atoms with van der Waals surface area (Å²) in [5, 5.41) is 0. The van der Waals surface area contributed by atoms with Crippen molar-refractivity contribution in [1.29, 1.82) is 0 Å². The van der Waals surface area contributed by atoms with E-state index in [1.54, 1.807) is 6.07 Å². The molecule has 4 nitrogen and oxygen atoms in total. The quantitative estimate of drug-likeness (QED) is 0.814. The van der Waals surface area contributed by atoms with Crippen LogP contribution in [0, 0.1) is 6.92 Å². The van der Waals surface area contributed by atoms with Crippen LogP contribution in [0.25, 0.3) is 0 Å². The van der Waals surface area contributed by atoms with Crippen LogP contribution in [0.3, 0.4) is 0 Å². The van der Waals surface area contributed by atoms with Gasteiger partial charge < -0.3 is 10.6 Å². The van der Waals surface area contributed by atoms with Crippen molar-refractivity contribution in [2.24, 2.45) is 5.73 Å². The molecule has 0 atom stereocenters. The number of carbonyl (C=O) groups excluding carboxylic acids is 1. The van der Waals surface area contributed by atoms with E-state index in [-0.39, 0.29) is 5.91 Å². The van der Waals surface area contributed by atoms with Gasteiger partial charge in [-0.1, -0.05) is 13.0 Å². The topological polar surface area (TPSA) is 59.2 Å². The van der Waals surface area contributed by atoms with Gasteiger partial charge in [0.15, 0.2) is 0 Å². The van der Waals surface area contributed by atoms with Crippen molar-refractivity contribution in [3.63, 3.8) is 0 Å². The van der Waals surface area contributed by atoms with Gasteiger partial charge in [0.2, 0.25) is 0 Å². The van der Waals surface area contributed by atoms with E-state index in [1.165, 1.54) is 0 Å². The third-order valence-electron chi connectivity index (χ3n) is 2.52. The van der Waals surface area contributed by atoms with Crippen molar-refractivity contribution in [2.45, 2.75) is 26.7 Å². The van der Waals surface area contributed by atoms with E-state index < -0.39 is 0 Å². The average Bonchev–Trinajstić information content (AvgIpc) is 2.33. The first kappa shape index (κ1) is 13.6. The van der Waals surface area contributed by atoms with Crippen molar-refractivity contribution in [1.82, 2.24) is 9.88 Å². The Labute approximate surface area is 103 Å². The summed E-state index contributed by atoms with van der Waals surface area (Å²) >= 11 is 0. The van der Waals surface area contributed by atoms with Crippen LogP contribution in [-0.2, 0) is 0 Å². The SMILES string of the molecule is CCCN(CCCN)C(=O)c1cccc(C)n1. The van der Waals surface area contributed by atoms with Crippen molar-refractivity contribution >= 4 is 5.91 Å². The van der Waals surface area contributed by atoms with Gasteiger partial charge in [-0.2, -0.15) is 0 Å². The number of hydrogen-bond acceptors (Lipinski definition) is 3. The van der Waals surface area contributed by atoms with Crippen molar-refractivity contribution in [2.75, 3.05) is 19.6 Å². The summed E-state index contributed by atoms with van der Waals surface area (Å²) in [5.41, 5.74) is 6.87. The summed E-state index contributed by atoms with van der Waals surface area (Å²) in [6.45, 7) is 6.02. The highest BCUT2D eigenvalue weighted by Crippen LogP contribution is 2.05. The smallest absolute Gasteiger partial charge is 0.272 e. The number of hydrogen-bond donors (Lipinski definition) is 1. The minimum atomic E-state index is 0.00370. The predicted molar refractivity (Wildman–Crippen MR) is 68.8 cm³/mol. The van der Waals surface area contributed by atoms with Crippen LogP contribution >= 0.6 is 0 Å². The van der Waals surface area contributed by atoms with Gasteiger partial charge in [0.1, 0.15) is 5.69 Å². The molecule has 0 aliphatic carbocycles. The van der Waals surface area contributed by atoms with Crippen molar-refractivity contribution < 1.29 is 4.79 Å². The van der Waals surface area contributed by atoms with Gasteiger partial charge >= 0.3 is 0 Å². The molecule has 1 rings (SSSR count). The molecule has 0 radical (unpaired) electrons. The minimum Gasteiger partial charge on any atom is -0.337 e. The third kappa shape index (κ3) is 4.15. The molecule has 17 heavy (non-hydrogen) atoms. The summed E-state index contributed by atoms with van der Waals surface area (Å²) in [7, 11) is 0. The largest absolute Gasteiger partial charge is 0.337 e. The number of carbonyl (C=O) groups is 1. The van der Waals surface area contributed by atoms with Crippen LogP contribution in [0.5, 0.6) is 0 Å². The van der Waals surface area contributed by atoms with Crippen LogP contribution in [0.1, 0.15) is 35.9 Å². The zero-order valence-corrected chi connectivity index (χ0v) is 10.6. The van der Waals surface area contributed by atoms with Crippen molar-refractivity contribution in [3.05, 3.63) is 29.6 Å². The maximum absolute atomic E-state index is 12.2. The third-order valence-corrected chi connectivity index (χ3v) is 2.52. The second-order valence-corrected chi connectivity index (χ2v) is 4.10. The Bertz CT molecular complexity index is 365. The Hall–Kier alpha value is -1.42. The molecule has 1 aromatic heterocycles. The molecule has 0 unspecified atom stereocenters. The maximum Gasteiger partial charge on any atom is 0.272 e. The number of nitrogens with zero attached hydrogens (tertiary/aromatic N) is 2. The average molecular weight is 235 g/mol. The summed E-state index contributed by atoms with van der Waals surface area (Å²) in [6, 6.07) is 5.52. The van der Waals surface area contributed by atoms with Gasteiger partial charge in [-0.05, 0) is 38.4 Å². The van der Waals surface area contributed by atoms with E-state index in [1.807, 2.05) is 24.0 Å². The van der Waals surface area contributed by atoms with E-state index in [2.05, 4.69) is 11.9 Å². The zero-order chi connectivity index (χ0) is 12.7. The van der Waals surface area contributed by atoms with Gasteiger partial charge in [0, 0.05) is 18.8 Å². The summed E-state index contributed by atoms with van der Waals surface area (Å²) in [5.74, 6) is 0.00370. The molecule has 0 saturated carbocycles. The zero-order valence-electron chi connectivity index (χ0n) is 10.6. The van der Waals surface area contributed by atoms with E-state index in [9.17, 15) is 4.79 Å². The molecule has 0 spiro atoms. The molecule has 94 valence electrons. The van der Waals surface area contributed by atoms with Gasteiger partial charge in [-0.25, -0.2) is 4.98 Å². The predicted octanol–water partition coefficient (Wildman–Crippen LogP) is 1.59. The summed E-state index contributed by atoms with van der Waals surface area (Å²) < 4.78 is 0. The summed E-state index contributed by atoms with van der Waals surface area (Å²) in [4.78, 5) is 18.3. The van der Waals surface area contributed by atoms with Crippen LogP contribution < -0.4 is 5.73 Å². The van der Waals surface area contributed by atoms with Gasteiger partial charge in [0.25, 0.3) is 5.91 Å². The Kier molecular flexibility index (Phi) is 5.63. The van der Waals surface area contributed by atoms with E-state index in [0.717, 1.165) is 25.1 Å². The molecule has 1 amide bonds. The highest BCUT2D eigenvalue weighted by atomic mass is 16.2. The molecule has 4 heteroatoms. The molecule has 1 aromatic rings. The fourth-order valence-corrected chi connectivity index (χ4v) is 1.69. The number of aryl methyl sites for hydroxylation is 1.